The molecule has 3 N–H and O–H groups in total. The van der Waals surface area contributed by atoms with Gasteiger partial charge in [-0.1, -0.05) is 24.4 Å². The standard InChI is InChI=1S/C22H27F2N5O5S/c23-17(24)11-26-35(32,33)15-8-9-18(25-10-15)27-22(31)20(13-4-2-1-3-5-13)28-21(30)16-12-34-29-19(16)14-6-7-14/h8-10,12-14,17,20,26H,1-7,11H2,(H,28,30)(H,25,27,31)/t20-/m0/s1. The molecule has 0 radical (unpaired) electrons. The third-order valence-electron chi connectivity index (χ3n) is 6.22. The quantitative estimate of drug-likeness (QED) is 0.445. The van der Waals surface area contributed by atoms with E-state index >= 15 is 0 Å². The Labute approximate surface area is 201 Å². The van der Waals surface area contributed by atoms with Gasteiger partial charge in [0.1, 0.15) is 28.6 Å². The second kappa shape index (κ2) is 10.8. The normalized spacial score (nSPS) is 17.8. The fraction of sp³-hybridized carbons (Fsp3) is 0.545. The van der Waals surface area contributed by atoms with Crippen LogP contribution in [0.4, 0.5) is 14.6 Å². The summed E-state index contributed by atoms with van der Waals surface area (Å²) >= 11 is 0. The van der Waals surface area contributed by atoms with Gasteiger partial charge in [0, 0.05) is 12.1 Å². The summed E-state index contributed by atoms with van der Waals surface area (Å²) < 4.78 is 55.6. The number of hydrogen-bond donors (Lipinski definition) is 3. The number of halogens is 2. The number of amides is 2. The van der Waals surface area contributed by atoms with E-state index in [0.29, 0.717) is 11.3 Å². The van der Waals surface area contributed by atoms with Crippen molar-refractivity contribution in [2.24, 2.45) is 5.92 Å². The molecule has 13 heteroatoms. The first-order valence-corrected chi connectivity index (χ1v) is 13.0. The second-order valence-electron chi connectivity index (χ2n) is 8.85. The van der Waals surface area contributed by atoms with Crippen LogP contribution in [0.5, 0.6) is 0 Å². The van der Waals surface area contributed by atoms with Gasteiger partial charge in [-0.05, 0) is 43.7 Å². The average molecular weight is 512 g/mol. The van der Waals surface area contributed by atoms with Crippen molar-refractivity contribution >= 4 is 27.7 Å². The fourth-order valence-corrected chi connectivity index (χ4v) is 5.17. The average Bonchev–Trinajstić information content (AvgIpc) is 3.57. The van der Waals surface area contributed by atoms with E-state index in [9.17, 15) is 26.8 Å². The summed E-state index contributed by atoms with van der Waals surface area (Å²) in [5.41, 5.74) is 0.925. The van der Waals surface area contributed by atoms with Crippen LogP contribution >= 0.6 is 0 Å². The molecule has 4 rings (SSSR count). The topological polar surface area (TPSA) is 143 Å². The lowest BCUT2D eigenvalue weighted by molar-refractivity contribution is -0.119. The molecule has 2 aromatic heterocycles. The fourth-order valence-electron chi connectivity index (χ4n) is 4.22. The molecule has 0 spiro atoms. The molecule has 35 heavy (non-hydrogen) atoms. The van der Waals surface area contributed by atoms with Crippen LogP contribution in [0.15, 0.2) is 34.0 Å². The van der Waals surface area contributed by atoms with Gasteiger partial charge in [-0.3, -0.25) is 9.59 Å². The Morgan fingerprint density at radius 1 is 1.11 bits per heavy atom. The van der Waals surface area contributed by atoms with Crippen LogP contribution < -0.4 is 15.4 Å². The second-order valence-corrected chi connectivity index (χ2v) is 10.6. The van der Waals surface area contributed by atoms with Crippen LogP contribution in [-0.4, -0.2) is 49.4 Å². The van der Waals surface area contributed by atoms with Gasteiger partial charge in [-0.15, -0.1) is 0 Å². The molecule has 0 aromatic carbocycles. The maximum atomic E-state index is 13.2. The van der Waals surface area contributed by atoms with Crippen LogP contribution in [0.3, 0.4) is 0 Å². The molecule has 1 atom stereocenters. The van der Waals surface area contributed by atoms with Gasteiger partial charge in [-0.2, -0.15) is 0 Å². The SMILES string of the molecule is O=C(N[C@H](C(=O)Nc1ccc(S(=O)(=O)NCC(F)F)cn1)C1CCCCC1)c1conc1C1CC1. The molecule has 2 aliphatic carbocycles. The summed E-state index contributed by atoms with van der Waals surface area (Å²) in [6.45, 7) is -1.02. The molecule has 2 saturated carbocycles. The number of rotatable bonds is 10. The Balaban J connectivity index is 1.46. The third-order valence-corrected chi connectivity index (χ3v) is 7.63. The Kier molecular flexibility index (Phi) is 7.75. The largest absolute Gasteiger partial charge is 0.364 e. The molecule has 0 aliphatic heterocycles. The number of carbonyl (C=O) groups excluding carboxylic acids is 2. The van der Waals surface area contributed by atoms with Crippen LogP contribution in [0.1, 0.15) is 66.9 Å². The number of aromatic nitrogens is 2. The van der Waals surface area contributed by atoms with Crippen molar-refractivity contribution < 1.29 is 31.3 Å². The van der Waals surface area contributed by atoms with Crippen molar-refractivity contribution in [2.75, 3.05) is 11.9 Å². The zero-order valence-electron chi connectivity index (χ0n) is 18.9. The highest BCUT2D eigenvalue weighted by Crippen LogP contribution is 2.40. The lowest BCUT2D eigenvalue weighted by atomic mass is 9.83. The molecular weight excluding hydrogens is 484 g/mol. The number of nitrogens with zero attached hydrogens (tertiary/aromatic N) is 2. The Bertz CT molecular complexity index is 1150. The monoisotopic (exact) mass is 511 g/mol. The molecule has 0 unspecified atom stereocenters. The minimum absolute atomic E-state index is 0.0708. The van der Waals surface area contributed by atoms with Crippen LogP contribution in [-0.2, 0) is 14.8 Å². The molecule has 0 saturated heterocycles. The van der Waals surface area contributed by atoms with E-state index in [4.69, 9.17) is 4.52 Å². The van der Waals surface area contributed by atoms with E-state index in [1.807, 2.05) is 0 Å². The number of hydrogen-bond acceptors (Lipinski definition) is 7. The Morgan fingerprint density at radius 3 is 2.49 bits per heavy atom. The van der Waals surface area contributed by atoms with Crippen molar-refractivity contribution in [1.82, 2.24) is 20.2 Å². The predicted octanol–water partition coefficient (Wildman–Crippen LogP) is 2.81. The number of pyridine rings is 1. The Morgan fingerprint density at radius 2 is 1.86 bits per heavy atom. The summed E-state index contributed by atoms with van der Waals surface area (Å²) in [6, 6.07) is 1.59. The van der Waals surface area contributed by atoms with E-state index in [-0.39, 0.29) is 22.5 Å². The summed E-state index contributed by atoms with van der Waals surface area (Å²) in [5.74, 6) is -0.714. The maximum absolute atomic E-state index is 13.2. The molecule has 2 amide bonds. The van der Waals surface area contributed by atoms with Gasteiger partial charge in [0.2, 0.25) is 15.9 Å². The van der Waals surface area contributed by atoms with E-state index in [1.165, 1.54) is 12.3 Å². The van der Waals surface area contributed by atoms with Crippen LogP contribution in [0.2, 0.25) is 0 Å². The minimum atomic E-state index is -4.16. The lowest BCUT2D eigenvalue weighted by Crippen LogP contribution is -2.49. The van der Waals surface area contributed by atoms with Crippen LogP contribution in [0.25, 0.3) is 0 Å². The lowest BCUT2D eigenvalue weighted by Gasteiger charge is -2.30. The summed E-state index contributed by atoms with van der Waals surface area (Å²) in [5, 5.41) is 9.41. The van der Waals surface area contributed by atoms with E-state index in [2.05, 4.69) is 20.8 Å². The smallest absolute Gasteiger partial charge is 0.257 e. The summed E-state index contributed by atoms with van der Waals surface area (Å²) in [6.07, 6.45) is 5.81. The predicted molar refractivity (Wildman–Crippen MR) is 120 cm³/mol. The van der Waals surface area contributed by atoms with Crippen molar-refractivity contribution in [3.63, 3.8) is 0 Å². The van der Waals surface area contributed by atoms with E-state index in [0.717, 1.165) is 57.2 Å². The maximum Gasteiger partial charge on any atom is 0.257 e. The molecule has 2 heterocycles. The molecule has 2 aliphatic rings. The number of nitrogens with one attached hydrogen (secondary N) is 3. The van der Waals surface area contributed by atoms with Gasteiger partial charge < -0.3 is 15.2 Å². The van der Waals surface area contributed by atoms with Crippen molar-refractivity contribution in [1.29, 1.82) is 0 Å². The first-order chi connectivity index (χ1) is 16.7. The number of anilines is 1. The van der Waals surface area contributed by atoms with Crippen LogP contribution in [0, 0.1) is 5.92 Å². The van der Waals surface area contributed by atoms with Crippen molar-refractivity contribution in [3.05, 3.63) is 35.9 Å². The molecule has 2 aromatic rings. The molecule has 2 fully saturated rings. The molecular formula is C22H27F2N5O5S. The highest BCUT2D eigenvalue weighted by Gasteiger charge is 2.35. The first kappa shape index (κ1) is 25.2. The summed E-state index contributed by atoms with van der Waals surface area (Å²) in [4.78, 5) is 29.8. The van der Waals surface area contributed by atoms with Gasteiger partial charge in [0.25, 0.3) is 12.3 Å². The number of alkyl halides is 2. The molecule has 10 nitrogen and oxygen atoms in total. The summed E-state index contributed by atoms with van der Waals surface area (Å²) in [7, 11) is -4.16. The number of carbonyl (C=O) groups is 2. The van der Waals surface area contributed by atoms with E-state index in [1.54, 1.807) is 4.72 Å². The van der Waals surface area contributed by atoms with E-state index < -0.39 is 40.8 Å². The van der Waals surface area contributed by atoms with Crippen molar-refractivity contribution in [3.8, 4) is 0 Å². The molecule has 0 bridgehead atoms. The van der Waals surface area contributed by atoms with Gasteiger partial charge in [-0.25, -0.2) is 26.9 Å². The molecule has 190 valence electrons. The Hall–Kier alpha value is -2.93. The highest BCUT2D eigenvalue weighted by atomic mass is 32.2. The van der Waals surface area contributed by atoms with Gasteiger partial charge in [0.15, 0.2) is 0 Å². The van der Waals surface area contributed by atoms with Gasteiger partial charge >= 0.3 is 0 Å². The number of sulfonamides is 1. The minimum Gasteiger partial charge on any atom is -0.364 e. The zero-order valence-corrected chi connectivity index (χ0v) is 19.7. The van der Waals surface area contributed by atoms with Gasteiger partial charge in [0.05, 0.1) is 12.2 Å². The van der Waals surface area contributed by atoms with Crippen molar-refractivity contribution in [2.45, 2.75) is 68.2 Å². The third kappa shape index (κ3) is 6.40. The zero-order chi connectivity index (χ0) is 25.0. The highest BCUT2D eigenvalue weighted by molar-refractivity contribution is 7.89. The first-order valence-electron chi connectivity index (χ1n) is 11.5.